The fourth-order valence-electron chi connectivity index (χ4n) is 3.64. The molecule has 0 aliphatic carbocycles. The summed E-state index contributed by atoms with van der Waals surface area (Å²) in [5.41, 5.74) is 3.43. The molecule has 128 valence electrons. The van der Waals surface area contributed by atoms with E-state index in [4.69, 9.17) is 4.74 Å². The van der Waals surface area contributed by atoms with Crippen molar-refractivity contribution in [1.29, 1.82) is 0 Å². The predicted molar refractivity (Wildman–Crippen MR) is 98.4 cm³/mol. The number of H-pyrrole nitrogens is 1. The molecule has 1 N–H and O–H groups in total. The van der Waals surface area contributed by atoms with Crippen molar-refractivity contribution >= 4 is 17.0 Å². The lowest BCUT2D eigenvalue weighted by molar-refractivity contribution is 0.0921. The molecule has 1 aromatic heterocycles. The lowest BCUT2D eigenvalue weighted by Crippen LogP contribution is -2.37. The number of ether oxygens (including phenoxy) is 1. The first kappa shape index (κ1) is 15.8. The van der Waals surface area contributed by atoms with Gasteiger partial charge in [-0.2, -0.15) is 0 Å². The Labute approximate surface area is 147 Å². The van der Waals surface area contributed by atoms with Crippen LogP contribution in [0.2, 0.25) is 0 Å². The van der Waals surface area contributed by atoms with Crippen molar-refractivity contribution in [3.8, 4) is 0 Å². The molecule has 4 nitrogen and oxygen atoms in total. The molecule has 2 heterocycles. The highest BCUT2D eigenvalue weighted by Crippen LogP contribution is 2.26. The maximum Gasteiger partial charge on any atom is 0.410 e. The van der Waals surface area contributed by atoms with Crippen LogP contribution in [0.5, 0.6) is 0 Å². The van der Waals surface area contributed by atoms with E-state index in [2.05, 4.69) is 29.4 Å². The average Bonchev–Trinajstić information content (AvgIpc) is 3.28. The van der Waals surface area contributed by atoms with Gasteiger partial charge >= 0.3 is 6.09 Å². The smallest absolute Gasteiger partial charge is 0.410 e. The van der Waals surface area contributed by atoms with E-state index in [1.54, 1.807) is 0 Å². The van der Waals surface area contributed by atoms with Crippen LogP contribution in [0, 0.1) is 0 Å². The summed E-state index contributed by atoms with van der Waals surface area (Å²) < 4.78 is 5.53. The predicted octanol–water partition coefficient (Wildman–Crippen LogP) is 4.51. The minimum absolute atomic E-state index is 0.203. The molecule has 1 aliphatic rings. The van der Waals surface area contributed by atoms with E-state index in [0.717, 1.165) is 36.9 Å². The standard InChI is InChI=1S/C21H22N2O2/c24-21(25-15-16-7-2-1-3-8-16)23-12-6-9-18(23)13-17-14-22-20-11-5-4-10-19(17)20/h1-5,7-8,10-11,14,18,22H,6,9,12-13,15H2. The molecule has 0 saturated carbocycles. The summed E-state index contributed by atoms with van der Waals surface area (Å²) in [6.45, 7) is 1.11. The van der Waals surface area contributed by atoms with Gasteiger partial charge in [0.05, 0.1) is 0 Å². The van der Waals surface area contributed by atoms with E-state index < -0.39 is 0 Å². The molecule has 1 fully saturated rings. The summed E-state index contributed by atoms with van der Waals surface area (Å²) in [6.07, 6.45) is 4.79. The second kappa shape index (κ2) is 7.01. The van der Waals surface area contributed by atoms with Crippen LogP contribution in [0.15, 0.2) is 60.8 Å². The topological polar surface area (TPSA) is 45.3 Å². The van der Waals surface area contributed by atoms with E-state index in [-0.39, 0.29) is 12.1 Å². The van der Waals surface area contributed by atoms with E-state index in [9.17, 15) is 4.79 Å². The third kappa shape index (κ3) is 3.38. The van der Waals surface area contributed by atoms with E-state index in [0.29, 0.717) is 6.61 Å². The quantitative estimate of drug-likeness (QED) is 0.763. The van der Waals surface area contributed by atoms with E-state index >= 15 is 0 Å². The second-order valence-corrected chi connectivity index (χ2v) is 6.59. The molecule has 1 saturated heterocycles. The zero-order valence-electron chi connectivity index (χ0n) is 14.2. The molecular weight excluding hydrogens is 312 g/mol. The van der Waals surface area contributed by atoms with Gasteiger partial charge in [0.2, 0.25) is 0 Å². The van der Waals surface area contributed by atoms with Crippen molar-refractivity contribution in [3.05, 3.63) is 71.9 Å². The number of carbonyl (C=O) groups is 1. The van der Waals surface area contributed by atoms with Gasteiger partial charge in [0.15, 0.2) is 0 Å². The number of hydrogen-bond acceptors (Lipinski definition) is 2. The Morgan fingerprint density at radius 2 is 1.92 bits per heavy atom. The van der Waals surface area contributed by atoms with Gasteiger partial charge in [-0.15, -0.1) is 0 Å². The number of para-hydroxylation sites is 1. The zero-order chi connectivity index (χ0) is 17.1. The van der Waals surface area contributed by atoms with Crippen molar-refractivity contribution in [1.82, 2.24) is 9.88 Å². The van der Waals surface area contributed by atoms with Gasteiger partial charge in [-0.1, -0.05) is 48.5 Å². The molecule has 1 aliphatic heterocycles. The minimum Gasteiger partial charge on any atom is -0.445 e. The SMILES string of the molecule is O=C(OCc1ccccc1)N1CCCC1Cc1c[nH]c2ccccc12. The summed E-state index contributed by atoms with van der Waals surface area (Å²) in [4.78, 5) is 17.7. The number of amides is 1. The Hall–Kier alpha value is -2.75. The maximum absolute atomic E-state index is 12.5. The highest BCUT2D eigenvalue weighted by molar-refractivity contribution is 5.83. The molecule has 3 aromatic rings. The number of carbonyl (C=O) groups excluding carboxylic acids is 1. The summed E-state index contributed by atoms with van der Waals surface area (Å²) in [5.74, 6) is 0. The van der Waals surface area contributed by atoms with Crippen LogP contribution < -0.4 is 0 Å². The highest BCUT2D eigenvalue weighted by atomic mass is 16.6. The molecule has 0 bridgehead atoms. The van der Waals surface area contributed by atoms with E-state index in [1.165, 1.54) is 10.9 Å². The van der Waals surface area contributed by atoms with Crippen molar-refractivity contribution < 1.29 is 9.53 Å². The number of rotatable bonds is 4. The number of aromatic nitrogens is 1. The Kier molecular flexibility index (Phi) is 4.42. The van der Waals surface area contributed by atoms with Crippen LogP contribution in [0.25, 0.3) is 10.9 Å². The summed E-state index contributed by atoms with van der Waals surface area (Å²) >= 11 is 0. The van der Waals surface area contributed by atoms with Gasteiger partial charge in [-0.25, -0.2) is 4.79 Å². The Morgan fingerprint density at radius 3 is 2.80 bits per heavy atom. The number of benzene rings is 2. The molecule has 1 amide bonds. The second-order valence-electron chi connectivity index (χ2n) is 6.59. The molecule has 1 atom stereocenters. The van der Waals surface area contributed by atoms with Gasteiger partial charge < -0.3 is 14.6 Å². The number of nitrogens with one attached hydrogen (secondary N) is 1. The summed E-state index contributed by atoms with van der Waals surface area (Å²) in [7, 11) is 0. The molecule has 4 heteroatoms. The minimum atomic E-state index is -0.203. The van der Waals surface area contributed by atoms with Crippen LogP contribution >= 0.6 is 0 Å². The van der Waals surface area contributed by atoms with Crippen molar-refractivity contribution in [3.63, 3.8) is 0 Å². The molecule has 4 rings (SSSR count). The highest BCUT2D eigenvalue weighted by Gasteiger charge is 2.30. The largest absolute Gasteiger partial charge is 0.445 e. The summed E-state index contributed by atoms with van der Waals surface area (Å²) in [6, 6.07) is 18.3. The normalized spacial score (nSPS) is 17.1. The molecule has 1 unspecified atom stereocenters. The summed E-state index contributed by atoms with van der Waals surface area (Å²) in [5, 5.41) is 1.24. The van der Waals surface area contributed by atoms with E-state index in [1.807, 2.05) is 41.3 Å². The molecular formula is C21H22N2O2. The Morgan fingerprint density at radius 1 is 1.12 bits per heavy atom. The van der Waals surface area contributed by atoms with Crippen LogP contribution in [-0.2, 0) is 17.8 Å². The van der Waals surface area contributed by atoms with Crippen molar-refractivity contribution in [2.75, 3.05) is 6.54 Å². The molecule has 25 heavy (non-hydrogen) atoms. The van der Waals surface area contributed by atoms with Crippen LogP contribution in [0.3, 0.4) is 0 Å². The third-order valence-corrected chi connectivity index (χ3v) is 4.95. The number of likely N-dealkylation sites (tertiary alicyclic amines) is 1. The average molecular weight is 334 g/mol. The lowest BCUT2D eigenvalue weighted by atomic mass is 10.0. The number of fused-ring (bicyclic) bond motifs is 1. The molecule has 2 aromatic carbocycles. The van der Waals surface area contributed by atoms with Gasteiger partial charge in [-0.3, -0.25) is 0 Å². The molecule has 0 radical (unpaired) electrons. The van der Waals surface area contributed by atoms with Crippen molar-refractivity contribution in [2.45, 2.75) is 31.9 Å². The van der Waals surface area contributed by atoms with Gasteiger partial charge in [0, 0.05) is 29.7 Å². The number of hydrogen-bond donors (Lipinski definition) is 1. The van der Waals surface area contributed by atoms with Crippen LogP contribution in [-0.4, -0.2) is 28.6 Å². The fraction of sp³-hybridized carbons (Fsp3) is 0.286. The Balaban J connectivity index is 1.42. The first-order valence-electron chi connectivity index (χ1n) is 8.83. The van der Waals surface area contributed by atoms with Gasteiger partial charge in [0.1, 0.15) is 6.61 Å². The Bertz CT molecular complexity index is 856. The van der Waals surface area contributed by atoms with Crippen LogP contribution in [0.4, 0.5) is 4.79 Å². The zero-order valence-corrected chi connectivity index (χ0v) is 14.2. The van der Waals surface area contributed by atoms with Gasteiger partial charge in [-0.05, 0) is 36.5 Å². The van der Waals surface area contributed by atoms with Crippen molar-refractivity contribution in [2.24, 2.45) is 0 Å². The lowest BCUT2D eigenvalue weighted by Gasteiger charge is -2.24. The number of nitrogens with zero attached hydrogens (tertiary/aromatic N) is 1. The third-order valence-electron chi connectivity index (χ3n) is 4.95. The first-order valence-corrected chi connectivity index (χ1v) is 8.83. The van der Waals surface area contributed by atoms with Gasteiger partial charge in [0.25, 0.3) is 0 Å². The number of aromatic amines is 1. The fourth-order valence-corrected chi connectivity index (χ4v) is 3.64. The monoisotopic (exact) mass is 334 g/mol. The molecule has 0 spiro atoms. The first-order chi connectivity index (χ1) is 12.3. The van der Waals surface area contributed by atoms with Crippen LogP contribution in [0.1, 0.15) is 24.0 Å². The maximum atomic E-state index is 12.5.